The molecular weight excluding hydrogens is 330 g/mol. The fourth-order valence-corrected chi connectivity index (χ4v) is 3.07. The minimum atomic E-state index is -0.724. The Balaban J connectivity index is 1.48. The van der Waals surface area contributed by atoms with Crippen molar-refractivity contribution in [3.8, 4) is 5.75 Å². The quantitative estimate of drug-likeness (QED) is 0.766. The molecule has 1 saturated carbocycles. The number of hydrogen-bond acceptors (Lipinski definition) is 4. The molecule has 1 N–H and O–H groups in total. The van der Waals surface area contributed by atoms with Crippen LogP contribution in [0.25, 0.3) is 0 Å². The predicted octanol–water partition coefficient (Wildman–Crippen LogP) is 2.33. The molecule has 0 spiro atoms. The van der Waals surface area contributed by atoms with Gasteiger partial charge in [0.05, 0.1) is 6.67 Å². The number of urea groups is 1. The number of halogens is 1. The molecule has 2 aliphatic rings. The normalized spacial score (nSPS) is 23.8. The molecule has 0 unspecified atom stereocenters. The summed E-state index contributed by atoms with van der Waals surface area (Å²) in [6.45, 7) is 3.15. The van der Waals surface area contributed by atoms with Crippen molar-refractivity contribution in [1.29, 1.82) is 0 Å². The topological polar surface area (TPSA) is 61.9 Å². The Kier molecular flexibility index (Phi) is 4.69. The molecule has 1 aliphatic carbocycles. The minimum absolute atomic E-state index is 0.125. The van der Waals surface area contributed by atoms with E-state index in [1.165, 1.54) is 4.90 Å². The Labute approximate surface area is 146 Å². The highest BCUT2D eigenvalue weighted by Crippen LogP contribution is 2.42. The summed E-state index contributed by atoms with van der Waals surface area (Å²) in [5.41, 5.74) is -0.724. The van der Waals surface area contributed by atoms with Gasteiger partial charge in [0.15, 0.2) is 0 Å². The van der Waals surface area contributed by atoms with E-state index >= 15 is 0 Å². The fourth-order valence-electron chi connectivity index (χ4n) is 2.94. The van der Waals surface area contributed by atoms with Crippen molar-refractivity contribution in [3.63, 3.8) is 0 Å². The van der Waals surface area contributed by atoms with Gasteiger partial charge in [0.25, 0.3) is 5.91 Å². The molecule has 7 heteroatoms. The van der Waals surface area contributed by atoms with Crippen molar-refractivity contribution in [2.24, 2.45) is 5.92 Å². The van der Waals surface area contributed by atoms with Crippen LogP contribution in [0.5, 0.6) is 5.75 Å². The maximum absolute atomic E-state index is 12.6. The lowest BCUT2D eigenvalue weighted by molar-refractivity contribution is -0.132. The van der Waals surface area contributed by atoms with Crippen molar-refractivity contribution in [2.45, 2.75) is 25.3 Å². The second-order valence-corrected chi connectivity index (χ2v) is 7.10. The van der Waals surface area contributed by atoms with Crippen LogP contribution >= 0.6 is 11.6 Å². The third-order valence-corrected chi connectivity index (χ3v) is 4.89. The van der Waals surface area contributed by atoms with Crippen LogP contribution in [-0.2, 0) is 4.79 Å². The second kappa shape index (κ2) is 6.61. The van der Waals surface area contributed by atoms with Crippen LogP contribution in [0.4, 0.5) is 4.79 Å². The number of nitrogens with zero attached hydrogens (tertiary/aromatic N) is 2. The van der Waals surface area contributed by atoms with Gasteiger partial charge in [0.1, 0.15) is 17.9 Å². The Morgan fingerprint density at radius 3 is 2.62 bits per heavy atom. The van der Waals surface area contributed by atoms with E-state index in [-0.39, 0.29) is 24.5 Å². The molecule has 0 bridgehead atoms. The average molecular weight is 352 g/mol. The Bertz CT molecular complexity index is 632. The van der Waals surface area contributed by atoms with Crippen molar-refractivity contribution in [1.82, 2.24) is 15.1 Å². The van der Waals surface area contributed by atoms with Crippen LogP contribution in [0, 0.1) is 5.92 Å². The molecule has 1 atom stereocenters. The van der Waals surface area contributed by atoms with Gasteiger partial charge in [-0.3, -0.25) is 9.69 Å². The zero-order chi connectivity index (χ0) is 17.3. The van der Waals surface area contributed by atoms with Crippen LogP contribution < -0.4 is 10.1 Å². The van der Waals surface area contributed by atoms with Crippen LogP contribution in [-0.4, -0.2) is 54.1 Å². The number of carbonyl (C=O) groups excluding carboxylic acids is 2. The molecule has 1 saturated heterocycles. The van der Waals surface area contributed by atoms with E-state index in [1.54, 1.807) is 24.3 Å². The van der Waals surface area contributed by atoms with E-state index in [2.05, 4.69) is 5.32 Å². The number of hydrogen-bond donors (Lipinski definition) is 1. The lowest BCUT2D eigenvalue weighted by Gasteiger charge is -2.24. The van der Waals surface area contributed by atoms with E-state index < -0.39 is 5.54 Å². The summed E-state index contributed by atoms with van der Waals surface area (Å²) in [4.78, 5) is 27.9. The smallest absolute Gasteiger partial charge is 0.326 e. The monoisotopic (exact) mass is 351 g/mol. The molecule has 130 valence electrons. The molecule has 3 amide bonds. The van der Waals surface area contributed by atoms with E-state index in [1.807, 2.05) is 18.9 Å². The third kappa shape index (κ3) is 3.49. The number of rotatable bonds is 7. The van der Waals surface area contributed by atoms with Gasteiger partial charge in [-0.15, -0.1) is 0 Å². The highest BCUT2D eigenvalue weighted by Gasteiger charge is 2.55. The van der Waals surface area contributed by atoms with E-state index in [0.717, 1.165) is 18.6 Å². The maximum atomic E-state index is 12.6. The number of imide groups is 1. The van der Waals surface area contributed by atoms with Gasteiger partial charge in [-0.05, 0) is 57.0 Å². The molecule has 1 aromatic carbocycles. The predicted molar refractivity (Wildman–Crippen MR) is 91.0 cm³/mol. The van der Waals surface area contributed by atoms with Gasteiger partial charge in [-0.2, -0.15) is 0 Å². The second-order valence-electron chi connectivity index (χ2n) is 6.66. The molecule has 0 aromatic heterocycles. The number of likely N-dealkylation sites (N-methyl/N-ethyl adjacent to an activating group) is 1. The van der Waals surface area contributed by atoms with E-state index in [4.69, 9.17) is 16.3 Å². The standard InChI is InChI=1S/C17H22ClN3O3/c1-17(12-3-4-12)15(22)21(16(23)19-17)11-20(2)9-10-24-14-7-5-13(18)6-8-14/h5-8,12H,3-4,9-11H2,1-2H3,(H,19,23)/t17-/m1/s1. The summed E-state index contributed by atoms with van der Waals surface area (Å²) in [6.07, 6.45) is 2.00. The first-order chi connectivity index (χ1) is 11.4. The molecule has 1 heterocycles. The van der Waals surface area contributed by atoms with E-state index in [9.17, 15) is 9.59 Å². The molecule has 1 aliphatic heterocycles. The van der Waals surface area contributed by atoms with Gasteiger partial charge in [0.2, 0.25) is 0 Å². The average Bonchev–Trinajstić information content (AvgIpc) is 3.36. The number of amides is 3. The Morgan fingerprint density at radius 2 is 2.00 bits per heavy atom. The van der Waals surface area contributed by atoms with Crippen molar-refractivity contribution in [3.05, 3.63) is 29.3 Å². The van der Waals surface area contributed by atoms with Crippen LogP contribution in [0.1, 0.15) is 19.8 Å². The number of benzene rings is 1. The van der Waals surface area contributed by atoms with Gasteiger partial charge in [-0.1, -0.05) is 11.6 Å². The van der Waals surface area contributed by atoms with Crippen molar-refractivity contribution >= 4 is 23.5 Å². The lowest BCUT2D eigenvalue weighted by atomic mass is 9.96. The Morgan fingerprint density at radius 1 is 1.33 bits per heavy atom. The summed E-state index contributed by atoms with van der Waals surface area (Å²) >= 11 is 5.83. The van der Waals surface area contributed by atoms with Gasteiger partial charge >= 0.3 is 6.03 Å². The van der Waals surface area contributed by atoms with E-state index in [0.29, 0.717) is 18.2 Å². The Hall–Kier alpha value is -1.79. The highest BCUT2D eigenvalue weighted by atomic mass is 35.5. The molecule has 0 radical (unpaired) electrons. The molecular formula is C17H22ClN3O3. The summed E-state index contributed by atoms with van der Waals surface area (Å²) in [5.74, 6) is 0.891. The highest BCUT2D eigenvalue weighted by molar-refractivity contribution is 6.30. The fraction of sp³-hybridized carbons (Fsp3) is 0.529. The minimum Gasteiger partial charge on any atom is -0.492 e. The summed E-state index contributed by atoms with van der Waals surface area (Å²) in [7, 11) is 1.86. The first kappa shape index (κ1) is 17.0. The summed E-state index contributed by atoms with van der Waals surface area (Å²) in [5, 5.41) is 3.52. The lowest BCUT2D eigenvalue weighted by Crippen LogP contribution is -2.47. The molecule has 6 nitrogen and oxygen atoms in total. The molecule has 2 fully saturated rings. The number of nitrogens with one attached hydrogen (secondary N) is 1. The van der Waals surface area contributed by atoms with Gasteiger partial charge < -0.3 is 10.1 Å². The van der Waals surface area contributed by atoms with Crippen LogP contribution in [0.15, 0.2) is 24.3 Å². The SMILES string of the molecule is CN(CCOc1ccc(Cl)cc1)CN1C(=O)N[C@](C)(C2CC2)C1=O. The first-order valence-electron chi connectivity index (χ1n) is 8.11. The maximum Gasteiger partial charge on any atom is 0.326 e. The number of carbonyl (C=O) groups is 2. The van der Waals surface area contributed by atoms with Crippen LogP contribution in [0.2, 0.25) is 5.02 Å². The largest absolute Gasteiger partial charge is 0.492 e. The molecule has 3 rings (SSSR count). The van der Waals surface area contributed by atoms with Crippen molar-refractivity contribution in [2.75, 3.05) is 26.9 Å². The first-order valence-corrected chi connectivity index (χ1v) is 8.49. The zero-order valence-electron chi connectivity index (χ0n) is 13.9. The van der Waals surface area contributed by atoms with Crippen molar-refractivity contribution < 1.29 is 14.3 Å². The molecule has 24 heavy (non-hydrogen) atoms. The van der Waals surface area contributed by atoms with Gasteiger partial charge in [-0.25, -0.2) is 9.69 Å². The summed E-state index contributed by atoms with van der Waals surface area (Å²) < 4.78 is 5.63. The van der Waals surface area contributed by atoms with Crippen LogP contribution in [0.3, 0.4) is 0 Å². The zero-order valence-corrected chi connectivity index (χ0v) is 14.7. The number of ether oxygens (including phenoxy) is 1. The molecule has 1 aromatic rings. The third-order valence-electron chi connectivity index (χ3n) is 4.63. The van der Waals surface area contributed by atoms with Gasteiger partial charge in [0, 0.05) is 11.6 Å². The summed E-state index contributed by atoms with van der Waals surface area (Å²) in [6, 6.07) is 6.85.